The number of phosphoric ester groups is 1. The van der Waals surface area contributed by atoms with Gasteiger partial charge in [-0.1, -0.05) is 122 Å². The molecule has 0 saturated carbocycles. The number of hydrogen-bond donors (Lipinski definition) is 3. The average Bonchev–Trinajstić information content (AvgIpc) is 2.94. The zero-order valence-electron chi connectivity index (χ0n) is 28.4. The number of likely N-dealkylation sites (N-methyl/N-ethyl adjacent to an activating group) is 1. The van der Waals surface area contributed by atoms with Crippen LogP contribution in [0.1, 0.15) is 136 Å². The highest BCUT2D eigenvalue weighted by Crippen LogP contribution is 2.43. The number of phosphoric acid groups is 1. The van der Waals surface area contributed by atoms with Crippen molar-refractivity contribution in [1.82, 2.24) is 5.32 Å². The standard InChI is InChI=1S/C34H67N2O6P/c1-6-8-10-11-12-13-14-15-16-17-18-19-20-21-22-23-24-25-26-27-33(37)32(35-34(38)28-9-7-2)31-42-43(39,40)41-30-29-36(3,4)5/h22-23,26-27,32-33,37H,6-21,24-25,28-31H2,1-5H3,(H-,35,38,39,40)/p+1/b23-22+,27-26+. The van der Waals surface area contributed by atoms with Crippen LogP contribution in [0, 0.1) is 0 Å². The van der Waals surface area contributed by atoms with Crippen LogP contribution in [-0.2, 0) is 18.4 Å². The molecule has 0 spiro atoms. The Labute approximate surface area is 264 Å². The molecule has 3 atom stereocenters. The fraction of sp³-hybridized carbons (Fsp3) is 0.853. The highest BCUT2D eigenvalue weighted by Gasteiger charge is 2.27. The fourth-order valence-electron chi connectivity index (χ4n) is 4.56. The number of aliphatic hydroxyl groups is 1. The summed E-state index contributed by atoms with van der Waals surface area (Å²) in [4.78, 5) is 22.3. The quantitative estimate of drug-likeness (QED) is 0.0319. The molecule has 3 unspecified atom stereocenters. The van der Waals surface area contributed by atoms with Gasteiger partial charge in [0.15, 0.2) is 0 Å². The number of nitrogens with one attached hydrogen (secondary N) is 1. The number of aliphatic hydroxyl groups excluding tert-OH is 1. The molecule has 1 amide bonds. The van der Waals surface area contributed by atoms with E-state index in [9.17, 15) is 19.4 Å². The third-order valence-electron chi connectivity index (χ3n) is 7.42. The van der Waals surface area contributed by atoms with Crippen molar-refractivity contribution in [3.8, 4) is 0 Å². The topological polar surface area (TPSA) is 105 Å². The molecule has 0 rings (SSSR count). The lowest BCUT2D eigenvalue weighted by Gasteiger charge is -2.25. The number of unbranched alkanes of at least 4 members (excludes halogenated alkanes) is 15. The maximum Gasteiger partial charge on any atom is 0.472 e. The number of quaternary nitrogens is 1. The van der Waals surface area contributed by atoms with Crippen LogP contribution >= 0.6 is 7.82 Å². The van der Waals surface area contributed by atoms with E-state index in [2.05, 4.69) is 24.4 Å². The minimum absolute atomic E-state index is 0.0557. The predicted octanol–water partition coefficient (Wildman–Crippen LogP) is 8.24. The van der Waals surface area contributed by atoms with E-state index in [1.165, 1.54) is 83.5 Å². The minimum atomic E-state index is -4.31. The molecule has 9 heteroatoms. The second kappa shape index (κ2) is 27.3. The Balaban J connectivity index is 4.24. The van der Waals surface area contributed by atoms with E-state index in [1.54, 1.807) is 6.08 Å². The largest absolute Gasteiger partial charge is 0.472 e. The number of allylic oxidation sites excluding steroid dienone is 3. The summed E-state index contributed by atoms with van der Waals surface area (Å²) in [5, 5.41) is 13.4. The van der Waals surface area contributed by atoms with Gasteiger partial charge in [0.25, 0.3) is 0 Å². The SMILES string of the molecule is CCCCCCCCCCCCCCC/C=C/CC/C=C/C(O)C(COP(=O)(O)OCC[N+](C)(C)C)NC(=O)CCCC. The summed E-state index contributed by atoms with van der Waals surface area (Å²) in [7, 11) is 1.55. The van der Waals surface area contributed by atoms with Gasteiger partial charge in [-0.2, -0.15) is 0 Å². The number of hydrogen-bond acceptors (Lipinski definition) is 5. The van der Waals surface area contributed by atoms with E-state index in [0.29, 0.717) is 17.4 Å². The second-order valence-corrected chi connectivity index (χ2v) is 14.3. The Hall–Kier alpha value is -1.02. The van der Waals surface area contributed by atoms with Gasteiger partial charge >= 0.3 is 7.82 Å². The molecule has 0 radical (unpaired) electrons. The summed E-state index contributed by atoms with van der Waals surface area (Å²) in [5.41, 5.74) is 0. The lowest BCUT2D eigenvalue weighted by Crippen LogP contribution is -2.45. The van der Waals surface area contributed by atoms with Gasteiger partial charge in [0, 0.05) is 6.42 Å². The van der Waals surface area contributed by atoms with Crippen LogP contribution in [0.3, 0.4) is 0 Å². The molecule has 8 nitrogen and oxygen atoms in total. The maximum absolute atomic E-state index is 12.3. The molecule has 0 aromatic heterocycles. The van der Waals surface area contributed by atoms with Crippen molar-refractivity contribution >= 4 is 13.7 Å². The molecule has 0 saturated heterocycles. The lowest BCUT2D eigenvalue weighted by atomic mass is 10.0. The van der Waals surface area contributed by atoms with E-state index in [0.717, 1.165) is 32.1 Å². The van der Waals surface area contributed by atoms with Crippen LogP contribution in [-0.4, -0.2) is 73.4 Å². The Morgan fingerprint density at radius 3 is 1.84 bits per heavy atom. The molecular formula is C34H68N2O6P+. The minimum Gasteiger partial charge on any atom is -0.387 e. The normalized spacial score (nSPS) is 15.2. The van der Waals surface area contributed by atoms with Crippen LogP contribution in [0.4, 0.5) is 0 Å². The zero-order valence-corrected chi connectivity index (χ0v) is 29.3. The Morgan fingerprint density at radius 1 is 0.767 bits per heavy atom. The number of amides is 1. The van der Waals surface area contributed by atoms with Crippen molar-refractivity contribution in [2.75, 3.05) is 40.9 Å². The van der Waals surface area contributed by atoms with Gasteiger partial charge in [-0.05, 0) is 32.1 Å². The molecule has 0 aliphatic heterocycles. The van der Waals surface area contributed by atoms with Crippen LogP contribution < -0.4 is 5.32 Å². The molecule has 0 aromatic rings. The first kappa shape index (κ1) is 42.0. The van der Waals surface area contributed by atoms with Gasteiger partial charge in [0.2, 0.25) is 5.91 Å². The lowest BCUT2D eigenvalue weighted by molar-refractivity contribution is -0.870. The van der Waals surface area contributed by atoms with E-state index in [-0.39, 0.29) is 19.1 Å². The molecule has 0 bridgehead atoms. The summed E-state index contributed by atoms with van der Waals surface area (Å²) >= 11 is 0. The fourth-order valence-corrected chi connectivity index (χ4v) is 5.30. The van der Waals surface area contributed by atoms with Crippen molar-refractivity contribution in [3.05, 3.63) is 24.3 Å². The highest BCUT2D eigenvalue weighted by atomic mass is 31.2. The van der Waals surface area contributed by atoms with E-state index < -0.39 is 20.0 Å². The Bertz CT molecular complexity index is 768. The van der Waals surface area contributed by atoms with Crippen molar-refractivity contribution in [2.24, 2.45) is 0 Å². The van der Waals surface area contributed by atoms with Gasteiger partial charge in [0.05, 0.1) is 39.9 Å². The number of carbonyl (C=O) groups is 1. The Kier molecular flexibility index (Phi) is 26.7. The van der Waals surface area contributed by atoms with Gasteiger partial charge in [0.1, 0.15) is 13.2 Å². The van der Waals surface area contributed by atoms with Gasteiger partial charge in [-0.15, -0.1) is 0 Å². The van der Waals surface area contributed by atoms with Crippen LogP contribution in [0.5, 0.6) is 0 Å². The van der Waals surface area contributed by atoms with Crippen molar-refractivity contribution in [2.45, 2.75) is 148 Å². The molecule has 254 valence electrons. The summed E-state index contributed by atoms with van der Waals surface area (Å²) in [6.07, 6.45) is 29.3. The van der Waals surface area contributed by atoms with Crippen molar-refractivity contribution in [3.63, 3.8) is 0 Å². The third-order valence-corrected chi connectivity index (χ3v) is 8.41. The highest BCUT2D eigenvalue weighted by molar-refractivity contribution is 7.47. The first-order valence-corrected chi connectivity index (χ1v) is 18.7. The summed E-state index contributed by atoms with van der Waals surface area (Å²) in [5.74, 6) is -0.224. The number of nitrogens with zero attached hydrogens (tertiary/aromatic N) is 1. The average molecular weight is 632 g/mol. The molecule has 0 fully saturated rings. The summed E-state index contributed by atoms with van der Waals surface area (Å²) in [6, 6.07) is -0.853. The van der Waals surface area contributed by atoms with Crippen molar-refractivity contribution < 1.29 is 32.9 Å². The van der Waals surface area contributed by atoms with E-state index >= 15 is 0 Å². The van der Waals surface area contributed by atoms with Gasteiger partial charge < -0.3 is 19.8 Å². The number of rotatable bonds is 30. The zero-order chi connectivity index (χ0) is 32.2. The smallest absolute Gasteiger partial charge is 0.387 e. The third kappa shape index (κ3) is 29.5. The first-order chi connectivity index (χ1) is 20.5. The molecule has 0 aliphatic rings. The molecule has 0 heterocycles. The summed E-state index contributed by atoms with van der Waals surface area (Å²) in [6.45, 7) is 4.52. The van der Waals surface area contributed by atoms with E-state index in [1.807, 2.05) is 34.1 Å². The maximum atomic E-state index is 12.3. The first-order valence-electron chi connectivity index (χ1n) is 17.2. The molecule has 0 aromatic carbocycles. The Morgan fingerprint density at radius 2 is 1.28 bits per heavy atom. The van der Waals surface area contributed by atoms with Crippen LogP contribution in [0.25, 0.3) is 0 Å². The predicted molar refractivity (Wildman–Crippen MR) is 180 cm³/mol. The second-order valence-electron chi connectivity index (χ2n) is 12.9. The number of carbonyl (C=O) groups excluding carboxylic acids is 1. The molecule has 0 aliphatic carbocycles. The van der Waals surface area contributed by atoms with E-state index in [4.69, 9.17) is 9.05 Å². The van der Waals surface area contributed by atoms with Crippen molar-refractivity contribution in [1.29, 1.82) is 0 Å². The van der Waals surface area contributed by atoms with Gasteiger partial charge in [-0.25, -0.2) is 4.57 Å². The van der Waals surface area contributed by atoms with Crippen LogP contribution in [0.15, 0.2) is 24.3 Å². The van der Waals surface area contributed by atoms with Crippen LogP contribution in [0.2, 0.25) is 0 Å². The summed E-state index contributed by atoms with van der Waals surface area (Å²) < 4.78 is 23.1. The molecule has 3 N–H and O–H groups in total. The molecule has 43 heavy (non-hydrogen) atoms. The molecular weight excluding hydrogens is 563 g/mol. The van der Waals surface area contributed by atoms with Gasteiger partial charge in [-0.3, -0.25) is 13.8 Å². The monoisotopic (exact) mass is 631 g/mol.